The van der Waals surface area contributed by atoms with E-state index in [0.29, 0.717) is 6.42 Å². The number of Topliss-reactive ketones (excluding diaryl/α,β-unsaturated/α-hetero) is 1. The molecule has 0 fully saturated rings. The first-order valence-corrected chi connectivity index (χ1v) is 9.06. The van der Waals surface area contributed by atoms with E-state index in [2.05, 4.69) is 23.5 Å². The number of benzene rings is 3. The molecule has 3 aromatic carbocycles. The van der Waals surface area contributed by atoms with E-state index in [1.54, 1.807) is 0 Å². The number of fused-ring (bicyclic) bond motifs is 1. The molecule has 0 unspecified atom stereocenters. The van der Waals surface area contributed by atoms with Crippen LogP contribution in [-0.4, -0.2) is 31.3 Å². The molecule has 27 heavy (non-hydrogen) atoms. The van der Waals surface area contributed by atoms with Gasteiger partial charge in [-0.3, -0.25) is 9.59 Å². The lowest BCUT2D eigenvalue weighted by Crippen LogP contribution is -2.45. The molecule has 4 heteroatoms. The summed E-state index contributed by atoms with van der Waals surface area (Å²) in [7, 11) is 1.88. The maximum Gasteiger partial charge on any atom is 0.240 e. The molecular formula is C23H24N2O2. The van der Waals surface area contributed by atoms with Gasteiger partial charge >= 0.3 is 0 Å². The van der Waals surface area contributed by atoms with E-state index in [9.17, 15) is 9.59 Å². The molecule has 0 radical (unpaired) electrons. The summed E-state index contributed by atoms with van der Waals surface area (Å²) in [4.78, 5) is 26.3. The molecule has 0 aromatic heterocycles. The molecule has 0 bridgehead atoms. The van der Waals surface area contributed by atoms with Crippen LogP contribution in [0.25, 0.3) is 10.8 Å². The van der Waals surface area contributed by atoms with Gasteiger partial charge in [-0.2, -0.15) is 0 Å². The number of nitrogens with one attached hydrogen (secondary N) is 1. The smallest absolute Gasteiger partial charge is 0.240 e. The topological polar surface area (TPSA) is 49.4 Å². The Kier molecular flexibility index (Phi) is 5.87. The summed E-state index contributed by atoms with van der Waals surface area (Å²) in [5.74, 6) is -0.206. The second-order valence-corrected chi connectivity index (χ2v) is 6.81. The highest BCUT2D eigenvalue weighted by Crippen LogP contribution is 2.21. The fourth-order valence-corrected chi connectivity index (χ4v) is 3.11. The first-order chi connectivity index (χ1) is 13.0. The molecule has 1 atom stereocenters. The van der Waals surface area contributed by atoms with E-state index in [1.807, 2.05) is 66.5 Å². The van der Waals surface area contributed by atoms with Crippen molar-refractivity contribution in [3.8, 4) is 0 Å². The highest BCUT2D eigenvalue weighted by atomic mass is 16.2. The Morgan fingerprint density at radius 3 is 2.30 bits per heavy atom. The maximum atomic E-state index is 12.5. The molecule has 1 N–H and O–H groups in total. The Morgan fingerprint density at radius 1 is 0.926 bits per heavy atom. The summed E-state index contributed by atoms with van der Waals surface area (Å²) in [5, 5.41) is 5.17. The van der Waals surface area contributed by atoms with Crippen molar-refractivity contribution in [3.63, 3.8) is 0 Å². The van der Waals surface area contributed by atoms with Gasteiger partial charge < -0.3 is 10.2 Å². The zero-order valence-electron chi connectivity index (χ0n) is 15.7. The molecule has 3 aromatic rings. The number of likely N-dealkylation sites (N-methyl/N-ethyl adjacent to an activating group) is 1. The second-order valence-electron chi connectivity index (χ2n) is 6.81. The molecule has 0 spiro atoms. The first-order valence-electron chi connectivity index (χ1n) is 9.06. The molecule has 0 aliphatic heterocycles. The summed E-state index contributed by atoms with van der Waals surface area (Å²) >= 11 is 0. The minimum Gasteiger partial charge on any atom is -0.365 e. The van der Waals surface area contributed by atoms with E-state index >= 15 is 0 Å². The highest BCUT2D eigenvalue weighted by Gasteiger charge is 2.18. The predicted molar refractivity (Wildman–Crippen MR) is 110 cm³/mol. The number of hydrogen-bond donors (Lipinski definition) is 1. The first kappa shape index (κ1) is 18.6. The third-order valence-corrected chi connectivity index (χ3v) is 4.66. The fourth-order valence-electron chi connectivity index (χ4n) is 3.11. The summed E-state index contributed by atoms with van der Waals surface area (Å²) < 4.78 is 0. The van der Waals surface area contributed by atoms with Crippen molar-refractivity contribution in [3.05, 3.63) is 78.4 Å². The average Bonchev–Trinajstić information content (AvgIpc) is 2.67. The molecule has 0 saturated heterocycles. The molecular weight excluding hydrogens is 336 g/mol. The van der Waals surface area contributed by atoms with Crippen LogP contribution in [0.3, 0.4) is 0 Å². The van der Waals surface area contributed by atoms with Crippen molar-refractivity contribution in [2.24, 2.45) is 0 Å². The van der Waals surface area contributed by atoms with Gasteiger partial charge in [0, 0.05) is 12.7 Å². The van der Waals surface area contributed by atoms with Crippen LogP contribution in [0.15, 0.2) is 72.8 Å². The Labute approximate surface area is 159 Å². The fraction of sp³-hybridized carbons (Fsp3) is 0.217. The van der Waals surface area contributed by atoms with Crippen LogP contribution in [-0.2, 0) is 16.0 Å². The minimum absolute atomic E-state index is 0.0411. The molecule has 0 heterocycles. The minimum atomic E-state index is -0.509. The quantitative estimate of drug-likeness (QED) is 0.700. The van der Waals surface area contributed by atoms with Crippen molar-refractivity contribution in [1.82, 2.24) is 5.32 Å². The molecule has 0 aliphatic rings. The van der Waals surface area contributed by atoms with Gasteiger partial charge in [0.15, 0.2) is 5.78 Å². The van der Waals surface area contributed by atoms with E-state index in [-0.39, 0.29) is 18.2 Å². The Morgan fingerprint density at radius 2 is 1.59 bits per heavy atom. The van der Waals surface area contributed by atoms with Crippen LogP contribution in [0.2, 0.25) is 0 Å². The van der Waals surface area contributed by atoms with Gasteiger partial charge in [-0.15, -0.1) is 0 Å². The van der Waals surface area contributed by atoms with Crippen LogP contribution in [0.5, 0.6) is 0 Å². The lowest BCUT2D eigenvalue weighted by molar-refractivity contribution is -0.126. The molecule has 138 valence electrons. The Hall–Kier alpha value is -3.14. The second kappa shape index (κ2) is 8.49. The van der Waals surface area contributed by atoms with Crippen molar-refractivity contribution >= 4 is 28.2 Å². The Bertz CT molecular complexity index is 937. The van der Waals surface area contributed by atoms with Gasteiger partial charge in [-0.1, -0.05) is 60.7 Å². The number of hydrogen-bond acceptors (Lipinski definition) is 3. The van der Waals surface area contributed by atoms with E-state index in [0.717, 1.165) is 16.6 Å². The zero-order chi connectivity index (χ0) is 19.2. The Balaban J connectivity index is 1.64. The third kappa shape index (κ3) is 4.94. The van der Waals surface area contributed by atoms with Crippen LogP contribution in [0.1, 0.15) is 12.5 Å². The number of anilines is 1. The number of amides is 1. The van der Waals surface area contributed by atoms with E-state index in [4.69, 9.17) is 0 Å². The van der Waals surface area contributed by atoms with Crippen molar-refractivity contribution in [2.45, 2.75) is 19.4 Å². The average molecular weight is 360 g/mol. The lowest BCUT2D eigenvalue weighted by Gasteiger charge is -2.22. The predicted octanol–water partition coefficient (Wildman–Crippen LogP) is 3.59. The number of rotatable bonds is 7. The van der Waals surface area contributed by atoms with Crippen LogP contribution < -0.4 is 10.2 Å². The number of carbonyl (C=O) groups excluding carboxylic acids is 2. The molecule has 0 saturated carbocycles. The highest BCUT2D eigenvalue weighted by molar-refractivity contribution is 5.90. The molecule has 3 rings (SSSR count). The van der Waals surface area contributed by atoms with Crippen LogP contribution in [0, 0.1) is 0 Å². The van der Waals surface area contributed by atoms with Crippen molar-refractivity contribution < 1.29 is 9.59 Å². The molecule has 0 aliphatic carbocycles. The van der Waals surface area contributed by atoms with Crippen LogP contribution >= 0.6 is 0 Å². The monoisotopic (exact) mass is 360 g/mol. The number of nitrogens with zero attached hydrogens (tertiary/aromatic N) is 1. The summed E-state index contributed by atoms with van der Waals surface area (Å²) in [6, 6.07) is 23.5. The van der Waals surface area contributed by atoms with Gasteiger partial charge in [-0.05, 0) is 41.8 Å². The van der Waals surface area contributed by atoms with Crippen molar-refractivity contribution in [1.29, 1.82) is 0 Å². The van der Waals surface area contributed by atoms with Crippen LogP contribution in [0.4, 0.5) is 5.69 Å². The number of ketones is 1. The SMILES string of the molecule is CC(=O)[C@H](Cc1ccccc1)NC(=O)CN(C)c1ccc2ccccc2c1. The van der Waals surface area contributed by atoms with Gasteiger partial charge in [0.05, 0.1) is 12.6 Å². The number of carbonyl (C=O) groups is 2. The zero-order valence-corrected chi connectivity index (χ0v) is 15.7. The van der Waals surface area contributed by atoms with Gasteiger partial charge in [0.2, 0.25) is 5.91 Å². The van der Waals surface area contributed by atoms with E-state index < -0.39 is 6.04 Å². The van der Waals surface area contributed by atoms with Crippen molar-refractivity contribution in [2.75, 3.05) is 18.5 Å². The van der Waals surface area contributed by atoms with E-state index in [1.165, 1.54) is 12.3 Å². The summed E-state index contributed by atoms with van der Waals surface area (Å²) in [6.07, 6.45) is 0.502. The molecule has 4 nitrogen and oxygen atoms in total. The van der Waals surface area contributed by atoms with Gasteiger partial charge in [-0.25, -0.2) is 0 Å². The lowest BCUT2D eigenvalue weighted by atomic mass is 10.0. The summed E-state index contributed by atoms with van der Waals surface area (Å²) in [6.45, 7) is 1.71. The summed E-state index contributed by atoms with van der Waals surface area (Å²) in [5.41, 5.74) is 1.99. The third-order valence-electron chi connectivity index (χ3n) is 4.66. The molecule has 1 amide bonds. The maximum absolute atomic E-state index is 12.5. The van der Waals surface area contributed by atoms with Gasteiger partial charge in [0.25, 0.3) is 0 Å². The largest absolute Gasteiger partial charge is 0.365 e. The normalized spacial score (nSPS) is 11.8. The standard InChI is InChI=1S/C23H24N2O2/c1-17(26)22(14-18-8-4-3-5-9-18)24-23(27)16-25(2)21-13-12-19-10-6-7-11-20(19)15-21/h3-13,15,22H,14,16H2,1-2H3,(H,24,27)/t22-/m0/s1. The van der Waals surface area contributed by atoms with Gasteiger partial charge in [0.1, 0.15) is 0 Å².